The minimum atomic E-state index is -5.73. The van der Waals surface area contributed by atoms with Crippen LogP contribution in [0.25, 0.3) is 5.52 Å². The van der Waals surface area contributed by atoms with Crippen LogP contribution in [0.4, 0.5) is 13.2 Å². The van der Waals surface area contributed by atoms with E-state index in [1.54, 1.807) is 12.1 Å². The van der Waals surface area contributed by atoms with Crippen LogP contribution in [-0.4, -0.2) is 23.5 Å². The topological polar surface area (TPSA) is 60.7 Å². The molecule has 0 amide bonds. The number of aromatic nitrogens is 2. The highest BCUT2D eigenvalue weighted by molar-refractivity contribution is 9.10. The highest BCUT2D eigenvalue weighted by atomic mass is 79.9. The molecule has 0 N–H and O–H groups in total. The molecule has 18 heavy (non-hydrogen) atoms. The van der Waals surface area contributed by atoms with E-state index >= 15 is 0 Å². The van der Waals surface area contributed by atoms with Crippen LogP contribution in [0.15, 0.2) is 28.9 Å². The lowest BCUT2D eigenvalue weighted by Crippen LogP contribution is -2.28. The molecule has 0 aliphatic rings. The molecule has 0 aliphatic heterocycles. The summed E-state index contributed by atoms with van der Waals surface area (Å²) in [5.41, 5.74) is -5.12. The molecule has 2 aromatic heterocycles. The summed E-state index contributed by atoms with van der Waals surface area (Å²) in [6.07, 6.45) is 1.44. The Balaban J connectivity index is 2.48. The number of nitrogens with zero attached hydrogens (tertiary/aromatic N) is 2. The minimum Gasteiger partial charge on any atom is -0.352 e. The van der Waals surface area contributed by atoms with Crippen LogP contribution in [-0.2, 0) is 10.1 Å². The zero-order valence-electron chi connectivity index (χ0n) is 8.35. The number of fused-ring (bicyclic) bond motifs is 1. The van der Waals surface area contributed by atoms with Crippen molar-refractivity contribution in [2.45, 2.75) is 5.51 Å². The Hall–Kier alpha value is -1.29. The maximum absolute atomic E-state index is 12.1. The highest BCUT2D eigenvalue weighted by Gasteiger charge is 2.49. The predicted molar refractivity (Wildman–Crippen MR) is 58.5 cm³/mol. The normalized spacial score (nSPS) is 12.9. The van der Waals surface area contributed by atoms with E-state index in [2.05, 4.69) is 25.2 Å². The smallest absolute Gasteiger partial charge is 0.352 e. The minimum absolute atomic E-state index is 0.0240. The van der Waals surface area contributed by atoms with Gasteiger partial charge in [0.15, 0.2) is 0 Å². The Morgan fingerprint density at radius 2 is 2.00 bits per heavy atom. The monoisotopic (exact) mass is 344 g/mol. The van der Waals surface area contributed by atoms with Crippen LogP contribution in [0.5, 0.6) is 5.88 Å². The average Bonchev–Trinajstić information content (AvgIpc) is 2.54. The van der Waals surface area contributed by atoms with Gasteiger partial charge in [-0.3, -0.25) is 0 Å². The average molecular weight is 345 g/mol. The highest BCUT2D eigenvalue weighted by Crippen LogP contribution is 2.33. The molecule has 0 aromatic carbocycles. The van der Waals surface area contributed by atoms with Crippen molar-refractivity contribution < 1.29 is 25.8 Å². The summed E-state index contributed by atoms with van der Waals surface area (Å²) in [7, 11) is -5.73. The van der Waals surface area contributed by atoms with E-state index in [9.17, 15) is 21.6 Å². The molecule has 0 fully saturated rings. The van der Waals surface area contributed by atoms with Gasteiger partial charge in [0.25, 0.3) is 5.88 Å². The molecule has 2 heterocycles. The van der Waals surface area contributed by atoms with Crippen molar-refractivity contribution in [2.24, 2.45) is 0 Å². The van der Waals surface area contributed by atoms with Gasteiger partial charge in [0.1, 0.15) is 4.47 Å². The fraction of sp³-hybridized carbons (Fsp3) is 0.125. The third-order valence-electron chi connectivity index (χ3n) is 1.92. The summed E-state index contributed by atoms with van der Waals surface area (Å²) >= 11 is 2.93. The third-order valence-corrected chi connectivity index (χ3v) is 3.61. The van der Waals surface area contributed by atoms with E-state index in [1.807, 2.05) is 0 Å². The Labute approximate surface area is 107 Å². The number of pyridine rings is 1. The van der Waals surface area contributed by atoms with Crippen molar-refractivity contribution in [3.8, 4) is 5.88 Å². The van der Waals surface area contributed by atoms with Gasteiger partial charge in [-0.1, -0.05) is 6.07 Å². The maximum Gasteiger partial charge on any atom is 0.534 e. The first-order valence-corrected chi connectivity index (χ1v) is 6.56. The lowest BCUT2D eigenvalue weighted by molar-refractivity contribution is -0.0501. The number of halogens is 4. The number of rotatable bonds is 2. The molecule has 0 unspecified atom stereocenters. The van der Waals surface area contributed by atoms with E-state index in [0.29, 0.717) is 5.52 Å². The van der Waals surface area contributed by atoms with E-state index in [-0.39, 0.29) is 4.47 Å². The van der Waals surface area contributed by atoms with Crippen LogP contribution in [0, 0.1) is 0 Å². The van der Waals surface area contributed by atoms with Gasteiger partial charge in [-0.15, -0.1) is 5.10 Å². The van der Waals surface area contributed by atoms with E-state index in [4.69, 9.17) is 0 Å². The summed E-state index contributed by atoms with van der Waals surface area (Å²) in [5.74, 6) is -0.668. The number of alkyl halides is 3. The van der Waals surface area contributed by atoms with E-state index in [0.717, 1.165) is 0 Å². The fourth-order valence-corrected chi connectivity index (χ4v) is 2.15. The quantitative estimate of drug-likeness (QED) is 0.619. The van der Waals surface area contributed by atoms with Crippen molar-refractivity contribution in [1.82, 2.24) is 9.61 Å². The second-order valence-electron chi connectivity index (χ2n) is 3.13. The first-order valence-electron chi connectivity index (χ1n) is 4.36. The molecule has 0 spiro atoms. The summed E-state index contributed by atoms with van der Waals surface area (Å²) in [5, 5.41) is 3.58. The summed E-state index contributed by atoms with van der Waals surface area (Å²) in [6, 6.07) is 4.72. The SMILES string of the molecule is O=S(=O)(Oc1nn2ccccc2c1Br)C(F)(F)F. The molecule has 0 saturated carbocycles. The second-order valence-corrected chi connectivity index (χ2v) is 5.46. The standard InChI is InChI=1S/C8H4BrF3N2O3S/c9-6-5-3-1-2-4-14(5)13-7(6)17-18(15,16)8(10,11)12/h1-4H. The Morgan fingerprint density at radius 3 is 2.56 bits per heavy atom. The van der Waals surface area contributed by atoms with Crippen molar-refractivity contribution in [1.29, 1.82) is 0 Å². The van der Waals surface area contributed by atoms with E-state index in [1.165, 1.54) is 16.8 Å². The zero-order valence-corrected chi connectivity index (χ0v) is 10.8. The maximum atomic E-state index is 12.1. The lowest BCUT2D eigenvalue weighted by Gasteiger charge is -2.06. The molecule has 2 aromatic rings. The largest absolute Gasteiger partial charge is 0.534 e. The molecule has 2 rings (SSSR count). The molecule has 0 radical (unpaired) electrons. The third kappa shape index (κ3) is 2.17. The van der Waals surface area contributed by atoms with Crippen molar-refractivity contribution in [3.05, 3.63) is 28.9 Å². The summed E-state index contributed by atoms with van der Waals surface area (Å²) in [4.78, 5) is 0. The fourth-order valence-electron chi connectivity index (χ4n) is 1.15. The first kappa shape index (κ1) is 13.1. The van der Waals surface area contributed by atoms with Gasteiger partial charge < -0.3 is 4.18 Å². The number of hydrogen-bond donors (Lipinski definition) is 0. The van der Waals surface area contributed by atoms with Gasteiger partial charge in [0.2, 0.25) is 0 Å². The number of hydrogen-bond acceptors (Lipinski definition) is 4. The molecule has 98 valence electrons. The van der Waals surface area contributed by atoms with Gasteiger partial charge in [0.05, 0.1) is 5.52 Å². The Kier molecular flexibility index (Phi) is 3.01. The zero-order chi connectivity index (χ0) is 13.6. The molecule has 0 aliphatic carbocycles. The molecule has 10 heteroatoms. The molecular formula is C8H4BrF3N2O3S. The summed E-state index contributed by atoms with van der Waals surface area (Å²) in [6.45, 7) is 0. The first-order chi connectivity index (χ1) is 8.22. The Bertz CT molecular complexity index is 695. The lowest BCUT2D eigenvalue weighted by atomic mass is 10.4. The predicted octanol–water partition coefficient (Wildman–Crippen LogP) is 2.33. The van der Waals surface area contributed by atoms with Crippen molar-refractivity contribution >= 4 is 31.6 Å². The van der Waals surface area contributed by atoms with Gasteiger partial charge in [-0.2, -0.15) is 21.6 Å². The van der Waals surface area contributed by atoms with Crippen LogP contribution < -0.4 is 4.18 Å². The van der Waals surface area contributed by atoms with E-state index < -0.39 is 21.5 Å². The van der Waals surface area contributed by atoms with Gasteiger partial charge in [-0.05, 0) is 28.1 Å². The van der Waals surface area contributed by atoms with Crippen LogP contribution in [0.2, 0.25) is 0 Å². The van der Waals surface area contributed by atoms with Gasteiger partial charge >= 0.3 is 15.6 Å². The van der Waals surface area contributed by atoms with Gasteiger partial charge in [-0.25, -0.2) is 4.52 Å². The van der Waals surface area contributed by atoms with Crippen LogP contribution in [0.1, 0.15) is 0 Å². The second kappa shape index (κ2) is 4.12. The molecular weight excluding hydrogens is 341 g/mol. The van der Waals surface area contributed by atoms with Crippen molar-refractivity contribution in [3.63, 3.8) is 0 Å². The van der Waals surface area contributed by atoms with Crippen molar-refractivity contribution in [2.75, 3.05) is 0 Å². The summed E-state index contributed by atoms with van der Waals surface area (Å²) < 4.78 is 63.3. The van der Waals surface area contributed by atoms with Crippen LogP contribution in [0.3, 0.4) is 0 Å². The van der Waals surface area contributed by atoms with Crippen LogP contribution >= 0.6 is 15.9 Å². The Morgan fingerprint density at radius 1 is 1.33 bits per heavy atom. The molecule has 0 saturated heterocycles. The van der Waals surface area contributed by atoms with Gasteiger partial charge in [0, 0.05) is 6.20 Å². The molecule has 0 atom stereocenters. The molecule has 5 nitrogen and oxygen atoms in total. The molecule has 0 bridgehead atoms.